The third kappa shape index (κ3) is 4.52. The molecule has 2 aliphatic carbocycles. The maximum absolute atomic E-state index is 12.0. The molecule has 0 amide bonds. The van der Waals surface area contributed by atoms with Gasteiger partial charge in [0.2, 0.25) is 10.0 Å². The quantitative estimate of drug-likeness (QED) is 0.707. The highest BCUT2D eigenvalue weighted by molar-refractivity contribution is 7.90. The van der Waals surface area contributed by atoms with E-state index in [9.17, 15) is 8.42 Å². The Bertz CT molecular complexity index is 346. The number of hydrogen-bond acceptors (Lipinski definition) is 3. The molecule has 0 aromatic carbocycles. The van der Waals surface area contributed by atoms with Crippen LogP contribution in [0, 0.1) is 5.92 Å². The van der Waals surface area contributed by atoms with Crippen LogP contribution in [0.2, 0.25) is 0 Å². The Kier molecular flexibility index (Phi) is 5.04. The maximum Gasteiger partial charge on any atom is 0.215 e. The summed E-state index contributed by atoms with van der Waals surface area (Å²) >= 11 is 0. The van der Waals surface area contributed by atoms with Gasteiger partial charge >= 0.3 is 0 Å². The average Bonchev–Trinajstić information content (AvgIpc) is 3.02. The van der Waals surface area contributed by atoms with E-state index >= 15 is 0 Å². The lowest BCUT2D eigenvalue weighted by Gasteiger charge is -2.15. The van der Waals surface area contributed by atoms with E-state index in [1.54, 1.807) is 6.92 Å². The largest absolute Gasteiger partial charge is 0.313 e. The second kappa shape index (κ2) is 6.35. The lowest BCUT2D eigenvalue weighted by Crippen LogP contribution is -2.40. The Hall–Kier alpha value is -0.130. The first kappa shape index (κ1) is 14.3. The molecule has 0 aliphatic heterocycles. The standard InChI is InChI=1S/C13H26N2O2S/c1-11(10-14-13-6-7-13)18(16,17)15-9-8-12-4-2-3-5-12/h11-15H,2-10H2,1H3. The molecule has 0 aromatic rings. The molecule has 0 bridgehead atoms. The molecule has 2 aliphatic rings. The van der Waals surface area contributed by atoms with Crippen LogP contribution in [0.3, 0.4) is 0 Å². The fraction of sp³-hybridized carbons (Fsp3) is 1.00. The molecule has 18 heavy (non-hydrogen) atoms. The monoisotopic (exact) mass is 274 g/mol. The number of nitrogens with one attached hydrogen (secondary N) is 2. The predicted octanol–water partition coefficient (Wildman–Crippen LogP) is 1.63. The number of hydrogen-bond donors (Lipinski definition) is 2. The van der Waals surface area contributed by atoms with Crippen molar-refractivity contribution in [1.82, 2.24) is 10.0 Å². The molecule has 0 spiro atoms. The summed E-state index contributed by atoms with van der Waals surface area (Å²) in [6, 6.07) is 0.570. The van der Waals surface area contributed by atoms with Gasteiger partial charge in [-0.15, -0.1) is 0 Å². The number of sulfonamides is 1. The van der Waals surface area contributed by atoms with Crippen molar-refractivity contribution in [2.75, 3.05) is 13.1 Å². The Morgan fingerprint density at radius 3 is 2.44 bits per heavy atom. The van der Waals surface area contributed by atoms with Crippen LogP contribution in [0.25, 0.3) is 0 Å². The molecule has 0 radical (unpaired) electrons. The Morgan fingerprint density at radius 1 is 1.17 bits per heavy atom. The molecule has 0 saturated heterocycles. The van der Waals surface area contributed by atoms with Gasteiger partial charge in [-0.1, -0.05) is 25.7 Å². The molecule has 2 saturated carbocycles. The van der Waals surface area contributed by atoms with Gasteiger partial charge in [-0.05, 0) is 32.1 Å². The summed E-state index contributed by atoms with van der Waals surface area (Å²) in [5.41, 5.74) is 0. The van der Waals surface area contributed by atoms with Gasteiger partial charge in [-0.2, -0.15) is 0 Å². The van der Waals surface area contributed by atoms with Crippen molar-refractivity contribution < 1.29 is 8.42 Å². The molecule has 1 atom stereocenters. The highest BCUT2D eigenvalue weighted by atomic mass is 32.2. The first-order valence-electron chi connectivity index (χ1n) is 7.30. The van der Waals surface area contributed by atoms with Crippen LogP contribution in [-0.2, 0) is 10.0 Å². The fourth-order valence-corrected chi connectivity index (χ4v) is 3.58. The summed E-state index contributed by atoms with van der Waals surface area (Å²) in [5, 5.41) is 2.94. The summed E-state index contributed by atoms with van der Waals surface area (Å²) in [6.45, 7) is 2.97. The zero-order valence-corrected chi connectivity index (χ0v) is 12.1. The smallest absolute Gasteiger partial charge is 0.215 e. The third-order valence-electron chi connectivity index (χ3n) is 4.13. The lowest BCUT2D eigenvalue weighted by atomic mass is 10.1. The molecule has 1 unspecified atom stereocenters. The van der Waals surface area contributed by atoms with Gasteiger partial charge in [0.25, 0.3) is 0 Å². The van der Waals surface area contributed by atoms with Crippen LogP contribution < -0.4 is 10.0 Å². The summed E-state index contributed by atoms with van der Waals surface area (Å²) in [4.78, 5) is 0. The molecule has 0 heterocycles. The van der Waals surface area contributed by atoms with Crippen molar-refractivity contribution >= 4 is 10.0 Å². The highest BCUT2D eigenvalue weighted by Gasteiger charge is 2.25. The molecule has 4 nitrogen and oxygen atoms in total. The van der Waals surface area contributed by atoms with Gasteiger partial charge in [0, 0.05) is 19.1 Å². The highest BCUT2D eigenvalue weighted by Crippen LogP contribution is 2.27. The molecule has 106 valence electrons. The van der Waals surface area contributed by atoms with Crippen LogP contribution in [0.4, 0.5) is 0 Å². The zero-order chi connectivity index (χ0) is 13.0. The summed E-state index contributed by atoms with van der Waals surface area (Å²) in [5.74, 6) is 0.743. The van der Waals surface area contributed by atoms with Gasteiger partial charge in [0.15, 0.2) is 0 Å². The minimum atomic E-state index is -3.13. The molecule has 0 aromatic heterocycles. The lowest BCUT2D eigenvalue weighted by molar-refractivity contribution is 0.492. The fourth-order valence-electron chi connectivity index (χ4n) is 2.58. The molecule has 2 fully saturated rings. The zero-order valence-electron chi connectivity index (χ0n) is 11.3. The van der Waals surface area contributed by atoms with Crippen LogP contribution in [0.1, 0.15) is 51.9 Å². The van der Waals surface area contributed by atoms with E-state index in [0.717, 1.165) is 12.3 Å². The Labute approximate surface area is 111 Å². The predicted molar refractivity (Wildman–Crippen MR) is 74.0 cm³/mol. The first-order valence-corrected chi connectivity index (χ1v) is 8.84. The van der Waals surface area contributed by atoms with Crippen LogP contribution >= 0.6 is 0 Å². The van der Waals surface area contributed by atoms with E-state index in [0.29, 0.717) is 19.1 Å². The summed E-state index contributed by atoms with van der Waals surface area (Å²) in [6.07, 6.45) is 8.59. The van der Waals surface area contributed by atoms with Crippen molar-refractivity contribution in [3.8, 4) is 0 Å². The van der Waals surface area contributed by atoms with Gasteiger partial charge in [0.05, 0.1) is 5.25 Å². The average molecular weight is 274 g/mol. The van der Waals surface area contributed by atoms with Crippen molar-refractivity contribution in [3.05, 3.63) is 0 Å². The first-order chi connectivity index (χ1) is 8.58. The Morgan fingerprint density at radius 2 is 1.83 bits per heavy atom. The van der Waals surface area contributed by atoms with Crippen LogP contribution in [0.15, 0.2) is 0 Å². The van der Waals surface area contributed by atoms with Gasteiger partial charge in [-0.3, -0.25) is 0 Å². The van der Waals surface area contributed by atoms with Crippen LogP contribution in [-0.4, -0.2) is 32.8 Å². The topological polar surface area (TPSA) is 58.2 Å². The van der Waals surface area contributed by atoms with Gasteiger partial charge < -0.3 is 5.32 Å². The van der Waals surface area contributed by atoms with Crippen molar-refractivity contribution in [2.24, 2.45) is 5.92 Å². The van der Waals surface area contributed by atoms with Gasteiger partial charge in [-0.25, -0.2) is 13.1 Å². The molecule has 2 rings (SSSR count). The van der Waals surface area contributed by atoms with E-state index in [2.05, 4.69) is 10.0 Å². The van der Waals surface area contributed by atoms with Crippen LogP contribution in [0.5, 0.6) is 0 Å². The SMILES string of the molecule is CC(CNC1CC1)S(=O)(=O)NCCC1CCCC1. The van der Waals surface area contributed by atoms with E-state index in [1.165, 1.54) is 38.5 Å². The minimum Gasteiger partial charge on any atom is -0.313 e. The maximum atomic E-state index is 12.0. The molecule has 2 N–H and O–H groups in total. The Balaban J connectivity index is 1.64. The van der Waals surface area contributed by atoms with Crippen molar-refractivity contribution in [1.29, 1.82) is 0 Å². The second-order valence-electron chi connectivity index (χ2n) is 5.87. The van der Waals surface area contributed by atoms with E-state index in [1.807, 2.05) is 0 Å². The summed E-state index contributed by atoms with van der Waals surface area (Å²) in [7, 11) is -3.13. The normalized spacial score (nSPS) is 23.4. The second-order valence-corrected chi connectivity index (χ2v) is 8.06. The molecule has 5 heteroatoms. The number of rotatable bonds is 8. The van der Waals surface area contributed by atoms with Gasteiger partial charge in [0.1, 0.15) is 0 Å². The summed E-state index contributed by atoms with van der Waals surface area (Å²) < 4.78 is 26.7. The third-order valence-corrected chi connectivity index (χ3v) is 5.96. The van der Waals surface area contributed by atoms with Crippen molar-refractivity contribution in [2.45, 2.75) is 63.2 Å². The van der Waals surface area contributed by atoms with E-state index < -0.39 is 10.0 Å². The van der Waals surface area contributed by atoms with Crippen molar-refractivity contribution in [3.63, 3.8) is 0 Å². The van der Waals surface area contributed by atoms with E-state index in [4.69, 9.17) is 0 Å². The van der Waals surface area contributed by atoms with E-state index in [-0.39, 0.29) is 5.25 Å². The minimum absolute atomic E-state index is 0.332. The molecular formula is C13H26N2O2S. The molecular weight excluding hydrogens is 248 g/mol.